The van der Waals surface area contributed by atoms with Crippen LogP contribution in [0.1, 0.15) is 33.8 Å². The maximum atomic E-state index is 11.8. The van der Waals surface area contributed by atoms with E-state index in [-0.39, 0.29) is 12.0 Å². The van der Waals surface area contributed by atoms with Gasteiger partial charge in [0.15, 0.2) is 0 Å². The fourth-order valence-electron chi connectivity index (χ4n) is 3.99. The predicted molar refractivity (Wildman–Crippen MR) is 114 cm³/mol. The van der Waals surface area contributed by atoms with Crippen LogP contribution in [0.15, 0.2) is 79.0 Å². The van der Waals surface area contributed by atoms with Gasteiger partial charge in [-0.05, 0) is 29.7 Å². The molecule has 29 heavy (non-hydrogen) atoms. The summed E-state index contributed by atoms with van der Waals surface area (Å²) >= 11 is 0. The molecular formula is C24H25N3O2. The standard InChI is InChI=1S/C24H25N3O2/c25-23(28)21-12-7-13-26-24(21)27-14-15-29-20(17-27)16-22(18-8-3-1-4-9-18)19-10-5-2-6-11-19/h1-13,20,22H,14-17H2,(H2,25,28). The van der Waals surface area contributed by atoms with Crippen molar-refractivity contribution >= 4 is 11.7 Å². The van der Waals surface area contributed by atoms with Crippen LogP contribution >= 0.6 is 0 Å². The van der Waals surface area contributed by atoms with Crippen LogP contribution in [0, 0.1) is 0 Å². The van der Waals surface area contributed by atoms with Gasteiger partial charge in [-0.1, -0.05) is 60.7 Å². The maximum absolute atomic E-state index is 11.8. The van der Waals surface area contributed by atoms with Gasteiger partial charge in [0, 0.05) is 25.2 Å². The summed E-state index contributed by atoms with van der Waals surface area (Å²) in [6, 6.07) is 24.5. The van der Waals surface area contributed by atoms with Crippen molar-refractivity contribution in [3.8, 4) is 0 Å². The van der Waals surface area contributed by atoms with Crippen molar-refractivity contribution in [3.63, 3.8) is 0 Å². The van der Waals surface area contributed by atoms with Crippen LogP contribution < -0.4 is 10.6 Å². The maximum Gasteiger partial charge on any atom is 0.252 e. The third kappa shape index (κ3) is 4.46. The minimum Gasteiger partial charge on any atom is -0.375 e. The van der Waals surface area contributed by atoms with Gasteiger partial charge < -0.3 is 15.4 Å². The molecule has 0 saturated carbocycles. The van der Waals surface area contributed by atoms with E-state index in [1.807, 2.05) is 12.1 Å². The third-order valence-corrected chi connectivity index (χ3v) is 5.39. The van der Waals surface area contributed by atoms with Crippen molar-refractivity contribution in [2.75, 3.05) is 24.6 Å². The summed E-state index contributed by atoms with van der Waals surface area (Å²) < 4.78 is 6.12. The molecule has 2 N–H and O–H groups in total. The van der Waals surface area contributed by atoms with E-state index < -0.39 is 5.91 Å². The number of nitrogens with zero attached hydrogens (tertiary/aromatic N) is 2. The lowest BCUT2D eigenvalue weighted by Gasteiger charge is -2.36. The van der Waals surface area contributed by atoms with Gasteiger partial charge in [0.25, 0.3) is 5.91 Å². The Morgan fingerprint density at radius 1 is 1.03 bits per heavy atom. The topological polar surface area (TPSA) is 68.5 Å². The second-order valence-electron chi connectivity index (χ2n) is 7.29. The average Bonchev–Trinajstić information content (AvgIpc) is 2.79. The summed E-state index contributed by atoms with van der Waals surface area (Å²) in [5.41, 5.74) is 8.55. The Balaban J connectivity index is 1.57. The Kier molecular flexibility index (Phi) is 5.86. The number of benzene rings is 2. The smallest absolute Gasteiger partial charge is 0.252 e. The molecule has 0 aliphatic carbocycles. The molecule has 0 bridgehead atoms. The summed E-state index contributed by atoms with van der Waals surface area (Å²) in [4.78, 5) is 18.4. The van der Waals surface area contributed by atoms with Gasteiger partial charge in [0.2, 0.25) is 0 Å². The minimum atomic E-state index is -0.456. The van der Waals surface area contributed by atoms with Crippen LogP contribution in [0.2, 0.25) is 0 Å². The number of carbonyl (C=O) groups is 1. The number of aromatic nitrogens is 1. The Labute approximate surface area is 171 Å². The van der Waals surface area contributed by atoms with E-state index in [4.69, 9.17) is 10.5 Å². The molecule has 5 nitrogen and oxygen atoms in total. The lowest BCUT2D eigenvalue weighted by Crippen LogP contribution is -2.44. The number of carbonyl (C=O) groups excluding carboxylic acids is 1. The lowest BCUT2D eigenvalue weighted by atomic mass is 9.86. The van der Waals surface area contributed by atoms with Crippen LogP contribution in [0.25, 0.3) is 0 Å². The Morgan fingerprint density at radius 3 is 2.31 bits per heavy atom. The number of anilines is 1. The van der Waals surface area contributed by atoms with Crippen molar-refractivity contribution in [1.82, 2.24) is 4.98 Å². The van der Waals surface area contributed by atoms with Crippen LogP contribution in [-0.2, 0) is 4.74 Å². The second kappa shape index (κ2) is 8.88. The Bertz CT molecular complexity index is 907. The van der Waals surface area contributed by atoms with Crippen molar-refractivity contribution in [3.05, 3.63) is 95.7 Å². The second-order valence-corrected chi connectivity index (χ2v) is 7.29. The zero-order chi connectivity index (χ0) is 20.1. The average molecular weight is 387 g/mol. The largest absolute Gasteiger partial charge is 0.375 e. The third-order valence-electron chi connectivity index (χ3n) is 5.39. The normalized spacial score (nSPS) is 16.7. The van der Waals surface area contributed by atoms with Crippen molar-refractivity contribution in [2.24, 2.45) is 5.73 Å². The van der Waals surface area contributed by atoms with Gasteiger partial charge in [-0.25, -0.2) is 4.98 Å². The van der Waals surface area contributed by atoms with E-state index in [0.717, 1.165) is 6.42 Å². The molecule has 5 heteroatoms. The summed E-state index contributed by atoms with van der Waals surface area (Å²) in [6.07, 6.45) is 2.57. The van der Waals surface area contributed by atoms with Gasteiger partial charge in [0.05, 0.1) is 18.3 Å². The first-order chi connectivity index (χ1) is 14.2. The molecule has 148 valence electrons. The molecule has 2 aromatic carbocycles. The number of amides is 1. The summed E-state index contributed by atoms with van der Waals surface area (Å²) in [5, 5.41) is 0. The number of pyridine rings is 1. The van der Waals surface area contributed by atoms with Gasteiger partial charge in [-0.15, -0.1) is 0 Å². The first-order valence-corrected chi connectivity index (χ1v) is 9.93. The number of nitrogens with two attached hydrogens (primary N) is 1. The number of hydrogen-bond acceptors (Lipinski definition) is 4. The van der Waals surface area contributed by atoms with Crippen LogP contribution in [0.5, 0.6) is 0 Å². The molecule has 1 fully saturated rings. The molecule has 1 atom stereocenters. The minimum absolute atomic E-state index is 0.0249. The van der Waals surface area contributed by atoms with E-state index in [1.165, 1.54) is 11.1 Å². The fraction of sp³-hybridized carbons (Fsp3) is 0.250. The van der Waals surface area contributed by atoms with Crippen LogP contribution in [0.3, 0.4) is 0 Å². The first kappa shape index (κ1) is 19.2. The molecule has 1 amide bonds. The quantitative estimate of drug-likeness (QED) is 0.702. The molecule has 0 radical (unpaired) electrons. The molecule has 2 heterocycles. The molecule has 1 saturated heterocycles. The van der Waals surface area contributed by atoms with Crippen molar-refractivity contribution in [1.29, 1.82) is 0 Å². The predicted octanol–water partition coefficient (Wildman–Crippen LogP) is 3.61. The summed E-state index contributed by atoms with van der Waals surface area (Å²) in [7, 11) is 0. The molecule has 1 aliphatic rings. The number of hydrogen-bond donors (Lipinski definition) is 1. The molecule has 3 aromatic rings. The van der Waals surface area contributed by atoms with E-state index >= 15 is 0 Å². The van der Waals surface area contributed by atoms with Crippen LogP contribution in [0.4, 0.5) is 5.82 Å². The number of ether oxygens (including phenoxy) is 1. The number of morpholine rings is 1. The zero-order valence-electron chi connectivity index (χ0n) is 16.3. The van der Waals surface area contributed by atoms with Crippen molar-refractivity contribution in [2.45, 2.75) is 18.4 Å². The molecule has 1 aromatic heterocycles. The molecule has 0 spiro atoms. The van der Waals surface area contributed by atoms with E-state index in [2.05, 4.69) is 58.4 Å². The molecular weight excluding hydrogens is 362 g/mol. The van der Waals surface area contributed by atoms with Gasteiger partial charge >= 0.3 is 0 Å². The summed E-state index contributed by atoms with van der Waals surface area (Å²) in [6.45, 7) is 1.96. The highest BCUT2D eigenvalue weighted by Gasteiger charge is 2.27. The van der Waals surface area contributed by atoms with E-state index in [0.29, 0.717) is 31.1 Å². The number of rotatable bonds is 6. The Hall–Kier alpha value is -3.18. The molecule has 1 unspecified atom stereocenters. The van der Waals surface area contributed by atoms with Crippen molar-refractivity contribution < 1.29 is 9.53 Å². The monoisotopic (exact) mass is 387 g/mol. The Morgan fingerprint density at radius 2 is 1.69 bits per heavy atom. The molecule has 1 aliphatic heterocycles. The highest BCUT2D eigenvalue weighted by atomic mass is 16.5. The SMILES string of the molecule is NC(=O)c1cccnc1N1CCOC(CC(c2ccccc2)c2ccccc2)C1. The van der Waals surface area contributed by atoms with Gasteiger partial charge in [0.1, 0.15) is 5.82 Å². The highest BCUT2D eigenvalue weighted by Crippen LogP contribution is 2.31. The fourth-order valence-corrected chi connectivity index (χ4v) is 3.99. The zero-order valence-corrected chi connectivity index (χ0v) is 16.3. The van der Waals surface area contributed by atoms with Gasteiger partial charge in [-0.3, -0.25) is 4.79 Å². The van der Waals surface area contributed by atoms with E-state index in [9.17, 15) is 4.79 Å². The lowest BCUT2D eigenvalue weighted by molar-refractivity contribution is 0.0323. The highest BCUT2D eigenvalue weighted by molar-refractivity contribution is 5.97. The first-order valence-electron chi connectivity index (χ1n) is 9.93. The molecule has 4 rings (SSSR count). The van der Waals surface area contributed by atoms with E-state index in [1.54, 1.807) is 18.3 Å². The number of primary amides is 1. The van der Waals surface area contributed by atoms with Crippen LogP contribution in [-0.4, -0.2) is 36.7 Å². The summed E-state index contributed by atoms with van der Waals surface area (Å²) in [5.74, 6) is 0.425. The van der Waals surface area contributed by atoms with Gasteiger partial charge in [-0.2, -0.15) is 0 Å².